The number of hydrogen-bond acceptors (Lipinski definition) is 1. The predicted molar refractivity (Wildman–Crippen MR) is 56.5 cm³/mol. The summed E-state index contributed by atoms with van der Waals surface area (Å²) in [5.41, 5.74) is 7.04. The highest BCUT2D eigenvalue weighted by Crippen LogP contribution is 2.18. The third kappa shape index (κ3) is 1.52. The van der Waals surface area contributed by atoms with Crippen LogP contribution in [0.15, 0.2) is 36.5 Å². The first-order valence-electron chi connectivity index (χ1n) is 4.31. The van der Waals surface area contributed by atoms with Crippen LogP contribution in [-0.2, 0) is 4.79 Å². The normalized spacial score (nSPS) is 11.1. The summed E-state index contributed by atoms with van der Waals surface area (Å²) in [7, 11) is 0. The summed E-state index contributed by atoms with van der Waals surface area (Å²) < 4.78 is 0. The van der Waals surface area contributed by atoms with Crippen molar-refractivity contribution >= 4 is 22.9 Å². The third-order valence-corrected chi connectivity index (χ3v) is 2.05. The summed E-state index contributed by atoms with van der Waals surface area (Å²) in [5.74, 6) is -0.435. The minimum Gasteiger partial charge on any atom is -0.366 e. The first-order valence-corrected chi connectivity index (χ1v) is 4.31. The van der Waals surface area contributed by atoms with E-state index in [2.05, 4.69) is 4.98 Å². The number of benzene rings is 1. The number of carbonyl (C=O) groups excluding carboxylic acids is 1. The van der Waals surface area contributed by atoms with Crippen LogP contribution in [-0.4, -0.2) is 10.9 Å². The molecule has 70 valence electrons. The van der Waals surface area contributed by atoms with E-state index < -0.39 is 5.91 Å². The molecule has 0 saturated heterocycles. The van der Waals surface area contributed by atoms with Gasteiger partial charge in [-0.2, -0.15) is 0 Å². The second-order valence-electron chi connectivity index (χ2n) is 3.03. The number of primary amides is 1. The van der Waals surface area contributed by atoms with Gasteiger partial charge in [-0.25, -0.2) is 0 Å². The van der Waals surface area contributed by atoms with Gasteiger partial charge in [-0.1, -0.05) is 18.2 Å². The molecule has 3 N–H and O–H groups in total. The highest BCUT2D eigenvalue weighted by atomic mass is 16.1. The van der Waals surface area contributed by atoms with Crippen molar-refractivity contribution in [3.8, 4) is 0 Å². The average Bonchev–Trinajstić information content (AvgIpc) is 2.58. The Morgan fingerprint density at radius 2 is 2.14 bits per heavy atom. The van der Waals surface area contributed by atoms with Crippen LogP contribution < -0.4 is 5.73 Å². The molecule has 0 fully saturated rings. The molecular formula is C11H10N2O. The van der Waals surface area contributed by atoms with E-state index in [1.807, 2.05) is 30.5 Å². The van der Waals surface area contributed by atoms with E-state index in [0.717, 1.165) is 16.5 Å². The Bertz CT molecular complexity index is 497. The number of hydrogen-bond donors (Lipinski definition) is 2. The number of carbonyl (C=O) groups is 1. The lowest BCUT2D eigenvalue weighted by atomic mass is 10.1. The van der Waals surface area contributed by atoms with Gasteiger partial charge in [-0.3, -0.25) is 4.79 Å². The van der Waals surface area contributed by atoms with Crippen molar-refractivity contribution in [1.82, 2.24) is 4.98 Å². The zero-order valence-electron chi connectivity index (χ0n) is 7.53. The van der Waals surface area contributed by atoms with Gasteiger partial charge in [0.05, 0.1) is 0 Å². The molecule has 0 spiro atoms. The fraction of sp³-hybridized carbons (Fsp3) is 0. The van der Waals surface area contributed by atoms with Crippen molar-refractivity contribution in [3.63, 3.8) is 0 Å². The maximum absolute atomic E-state index is 10.6. The SMILES string of the molecule is NC(=O)/C=C\c1c[nH]c2ccccc12. The molecule has 0 atom stereocenters. The number of rotatable bonds is 2. The lowest BCUT2D eigenvalue weighted by Gasteiger charge is -1.89. The van der Waals surface area contributed by atoms with Crippen LogP contribution in [0.3, 0.4) is 0 Å². The van der Waals surface area contributed by atoms with E-state index in [4.69, 9.17) is 5.73 Å². The van der Waals surface area contributed by atoms with Gasteiger partial charge in [-0.15, -0.1) is 0 Å². The zero-order valence-corrected chi connectivity index (χ0v) is 7.53. The van der Waals surface area contributed by atoms with E-state index in [1.165, 1.54) is 6.08 Å². The molecule has 1 heterocycles. The molecular weight excluding hydrogens is 176 g/mol. The number of nitrogens with two attached hydrogens (primary N) is 1. The Hall–Kier alpha value is -2.03. The second-order valence-corrected chi connectivity index (χ2v) is 3.03. The molecule has 0 saturated carbocycles. The molecule has 1 aromatic carbocycles. The Balaban J connectivity index is 2.48. The Morgan fingerprint density at radius 3 is 2.93 bits per heavy atom. The molecule has 3 nitrogen and oxygen atoms in total. The number of fused-ring (bicyclic) bond motifs is 1. The Morgan fingerprint density at radius 1 is 1.36 bits per heavy atom. The molecule has 1 aromatic heterocycles. The van der Waals surface area contributed by atoms with Gasteiger partial charge >= 0.3 is 0 Å². The minimum absolute atomic E-state index is 0.435. The van der Waals surface area contributed by atoms with Gasteiger partial charge in [-0.05, 0) is 17.7 Å². The fourth-order valence-corrected chi connectivity index (χ4v) is 1.40. The van der Waals surface area contributed by atoms with E-state index in [-0.39, 0.29) is 0 Å². The van der Waals surface area contributed by atoms with E-state index in [0.29, 0.717) is 0 Å². The van der Waals surface area contributed by atoms with Crippen LogP contribution in [0.4, 0.5) is 0 Å². The van der Waals surface area contributed by atoms with Gasteiger partial charge in [0.2, 0.25) is 5.91 Å². The van der Waals surface area contributed by atoms with Crippen molar-refractivity contribution < 1.29 is 4.79 Å². The van der Waals surface area contributed by atoms with Crippen LogP contribution >= 0.6 is 0 Å². The number of amides is 1. The first kappa shape index (κ1) is 8.56. The molecule has 2 aromatic rings. The Kier molecular flexibility index (Phi) is 2.07. The summed E-state index contributed by atoms with van der Waals surface area (Å²) in [5, 5.41) is 1.09. The molecule has 0 aliphatic heterocycles. The summed E-state index contributed by atoms with van der Waals surface area (Å²) in [6, 6.07) is 7.89. The number of aromatic amines is 1. The lowest BCUT2D eigenvalue weighted by molar-refractivity contribution is -0.113. The highest BCUT2D eigenvalue weighted by molar-refractivity contribution is 5.95. The molecule has 1 amide bonds. The van der Waals surface area contributed by atoms with Crippen molar-refractivity contribution in [2.75, 3.05) is 0 Å². The summed E-state index contributed by atoms with van der Waals surface area (Å²) in [6.45, 7) is 0. The van der Waals surface area contributed by atoms with E-state index in [9.17, 15) is 4.79 Å². The third-order valence-electron chi connectivity index (χ3n) is 2.05. The summed E-state index contributed by atoms with van der Waals surface area (Å²) in [6.07, 6.45) is 4.92. The van der Waals surface area contributed by atoms with Crippen molar-refractivity contribution in [3.05, 3.63) is 42.1 Å². The number of para-hydroxylation sites is 1. The van der Waals surface area contributed by atoms with Crippen LogP contribution in [0.25, 0.3) is 17.0 Å². The van der Waals surface area contributed by atoms with Gasteiger partial charge in [0.15, 0.2) is 0 Å². The van der Waals surface area contributed by atoms with Gasteiger partial charge in [0.25, 0.3) is 0 Å². The first-order chi connectivity index (χ1) is 6.77. The predicted octanol–water partition coefficient (Wildman–Crippen LogP) is 1.67. The minimum atomic E-state index is -0.435. The van der Waals surface area contributed by atoms with Crippen molar-refractivity contribution in [2.45, 2.75) is 0 Å². The molecule has 0 aliphatic rings. The monoisotopic (exact) mass is 186 g/mol. The molecule has 2 rings (SSSR count). The fourth-order valence-electron chi connectivity index (χ4n) is 1.40. The number of aromatic nitrogens is 1. The van der Waals surface area contributed by atoms with Crippen LogP contribution in [0.5, 0.6) is 0 Å². The lowest BCUT2D eigenvalue weighted by Crippen LogP contribution is -2.04. The van der Waals surface area contributed by atoms with Gasteiger partial charge in [0, 0.05) is 23.2 Å². The van der Waals surface area contributed by atoms with Crippen molar-refractivity contribution in [1.29, 1.82) is 0 Å². The second kappa shape index (κ2) is 3.38. The molecule has 0 unspecified atom stereocenters. The molecule has 0 radical (unpaired) electrons. The molecule has 0 bridgehead atoms. The highest BCUT2D eigenvalue weighted by Gasteiger charge is 1.98. The average molecular weight is 186 g/mol. The Labute approximate surface area is 81.2 Å². The van der Waals surface area contributed by atoms with Gasteiger partial charge in [0.1, 0.15) is 0 Å². The maximum atomic E-state index is 10.6. The smallest absolute Gasteiger partial charge is 0.241 e. The van der Waals surface area contributed by atoms with Gasteiger partial charge < -0.3 is 10.7 Å². The van der Waals surface area contributed by atoms with Crippen LogP contribution in [0, 0.1) is 0 Å². The molecule has 3 heteroatoms. The standard InChI is InChI=1S/C11H10N2O/c12-11(14)6-5-8-7-13-10-4-2-1-3-9(8)10/h1-7,13H,(H2,12,14)/b6-5-. The largest absolute Gasteiger partial charge is 0.366 e. The van der Waals surface area contributed by atoms with Crippen molar-refractivity contribution in [2.24, 2.45) is 5.73 Å². The topological polar surface area (TPSA) is 58.9 Å². The van der Waals surface area contributed by atoms with Crippen LogP contribution in [0.2, 0.25) is 0 Å². The molecule has 0 aliphatic carbocycles. The molecule has 14 heavy (non-hydrogen) atoms. The van der Waals surface area contributed by atoms with E-state index in [1.54, 1.807) is 6.08 Å². The maximum Gasteiger partial charge on any atom is 0.241 e. The summed E-state index contributed by atoms with van der Waals surface area (Å²) in [4.78, 5) is 13.7. The number of H-pyrrole nitrogens is 1. The van der Waals surface area contributed by atoms with Crippen LogP contribution in [0.1, 0.15) is 5.56 Å². The van der Waals surface area contributed by atoms with E-state index >= 15 is 0 Å². The quantitative estimate of drug-likeness (QED) is 0.688. The number of nitrogens with one attached hydrogen (secondary N) is 1. The summed E-state index contributed by atoms with van der Waals surface area (Å²) >= 11 is 0. The zero-order chi connectivity index (χ0) is 9.97.